The van der Waals surface area contributed by atoms with Gasteiger partial charge in [-0.25, -0.2) is 0 Å². The van der Waals surface area contributed by atoms with Gasteiger partial charge in [0.2, 0.25) is 6.79 Å². The second kappa shape index (κ2) is 7.72. The van der Waals surface area contributed by atoms with Gasteiger partial charge in [0.05, 0.1) is 24.2 Å². The lowest BCUT2D eigenvalue weighted by molar-refractivity contribution is -0.120. The van der Waals surface area contributed by atoms with Crippen molar-refractivity contribution in [2.24, 2.45) is 0 Å². The van der Waals surface area contributed by atoms with Crippen molar-refractivity contribution in [1.82, 2.24) is 0 Å². The Bertz CT molecular complexity index is 1270. The molecule has 0 saturated heterocycles. The van der Waals surface area contributed by atoms with Crippen LogP contribution in [0.2, 0.25) is 0 Å². The first-order valence-corrected chi connectivity index (χ1v) is 10.7. The summed E-state index contributed by atoms with van der Waals surface area (Å²) in [6.07, 6.45) is 2.05. The first-order valence-electron chi connectivity index (χ1n) is 10.7. The van der Waals surface area contributed by atoms with Crippen LogP contribution in [0.25, 0.3) is 11.1 Å². The maximum atomic E-state index is 13.4. The van der Waals surface area contributed by atoms with Gasteiger partial charge in [0.1, 0.15) is 11.5 Å². The zero-order valence-corrected chi connectivity index (χ0v) is 18.1. The Balaban J connectivity index is 1.45. The second-order valence-corrected chi connectivity index (χ2v) is 8.43. The SMILES string of the molecule is COc1ccc(C#N)cc1-c1cc(CC(=O)C2(c3ccc4c(c3)OCO4)CC2)ccc1C. The van der Waals surface area contributed by atoms with Crippen LogP contribution in [0.5, 0.6) is 17.2 Å². The summed E-state index contributed by atoms with van der Waals surface area (Å²) < 4.78 is 16.5. The minimum atomic E-state index is -0.440. The highest BCUT2D eigenvalue weighted by molar-refractivity contribution is 5.95. The van der Waals surface area contributed by atoms with Gasteiger partial charge in [0.15, 0.2) is 11.5 Å². The number of fused-ring (bicyclic) bond motifs is 1. The molecular formula is C27H23NO4. The van der Waals surface area contributed by atoms with E-state index in [-0.39, 0.29) is 12.6 Å². The van der Waals surface area contributed by atoms with E-state index in [1.807, 2.05) is 55.5 Å². The highest BCUT2D eigenvalue weighted by Crippen LogP contribution is 2.51. The third-order valence-electron chi connectivity index (χ3n) is 6.49. The van der Waals surface area contributed by atoms with Crippen molar-refractivity contribution >= 4 is 5.78 Å². The first kappa shape index (κ1) is 20.1. The fourth-order valence-corrected chi connectivity index (χ4v) is 4.46. The maximum Gasteiger partial charge on any atom is 0.231 e. The lowest BCUT2D eigenvalue weighted by Gasteiger charge is -2.17. The van der Waals surface area contributed by atoms with E-state index in [2.05, 4.69) is 6.07 Å². The molecule has 0 spiro atoms. The summed E-state index contributed by atoms with van der Waals surface area (Å²) in [5.74, 6) is 2.36. The van der Waals surface area contributed by atoms with Crippen LogP contribution in [0.1, 0.15) is 35.1 Å². The molecule has 3 aromatic rings. The van der Waals surface area contributed by atoms with Gasteiger partial charge in [0, 0.05) is 12.0 Å². The Kier molecular flexibility index (Phi) is 4.86. The van der Waals surface area contributed by atoms with Gasteiger partial charge in [0.25, 0.3) is 0 Å². The molecule has 1 aliphatic heterocycles. The van der Waals surface area contributed by atoms with E-state index in [0.717, 1.165) is 46.4 Å². The summed E-state index contributed by atoms with van der Waals surface area (Å²) in [4.78, 5) is 13.4. The van der Waals surface area contributed by atoms with Crippen molar-refractivity contribution in [2.75, 3.05) is 13.9 Å². The van der Waals surface area contributed by atoms with E-state index in [1.165, 1.54) is 0 Å². The first-order chi connectivity index (χ1) is 15.5. The predicted molar refractivity (Wildman–Crippen MR) is 120 cm³/mol. The molecule has 3 aromatic carbocycles. The number of aryl methyl sites for hydroxylation is 1. The number of hydrogen-bond donors (Lipinski definition) is 0. The minimum Gasteiger partial charge on any atom is -0.496 e. The largest absolute Gasteiger partial charge is 0.496 e. The number of carbonyl (C=O) groups excluding carboxylic acids is 1. The number of ether oxygens (including phenoxy) is 3. The van der Waals surface area contributed by atoms with Gasteiger partial charge in [-0.05, 0) is 72.4 Å². The number of carbonyl (C=O) groups is 1. The van der Waals surface area contributed by atoms with Gasteiger partial charge in [-0.1, -0.05) is 24.3 Å². The summed E-state index contributed by atoms with van der Waals surface area (Å²) >= 11 is 0. The number of hydrogen-bond acceptors (Lipinski definition) is 5. The molecule has 2 aliphatic rings. The molecule has 0 atom stereocenters. The van der Waals surface area contributed by atoms with E-state index in [4.69, 9.17) is 14.2 Å². The fourth-order valence-electron chi connectivity index (χ4n) is 4.46. The molecule has 1 fully saturated rings. The lowest BCUT2D eigenvalue weighted by atomic mass is 9.86. The lowest BCUT2D eigenvalue weighted by Crippen LogP contribution is -2.22. The Morgan fingerprint density at radius 1 is 1.03 bits per heavy atom. The van der Waals surface area contributed by atoms with Crippen LogP contribution in [0.15, 0.2) is 54.6 Å². The third kappa shape index (κ3) is 3.38. The Morgan fingerprint density at radius 3 is 2.59 bits per heavy atom. The zero-order valence-electron chi connectivity index (χ0n) is 18.1. The number of rotatable bonds is 6. The van der Waals surface area contributed by atoms with E-state index in [9.17, 15) is 10.1 Å². The molecule has 1 heterocycles. The maximum absolute atomic E-state index is 13.4. The number of methoxy groups -OCH3 is 1. The molecule has 0 radical (unpaired) electrons. The summed E-state index contributed by atoms with van der Waals surface area (Å²) in [6.45, 7) is 2.25. The monoisotopic (exact) mass is 425 g/mol. The standard InChI is InChI=1S/C27H23NO4/c1-17-3-4-18(11-21(17)22-12-19(15-28)5-7-23(22)30-2)13-26(29)27(9-10-27)20-6-8-24-25(14-20)32-16-31-24/h3-8,11-12,14H,9-10,13,16H2,1-2H3. The third-order valence-corrected chi connectivity index (χ3v) is 6.49. The van der Waals surface area contributed by atoms with Crippen molar-refractivity contribution in [3.8, 4) is 34.4 Å². The van der Waals surface area contributed by atoms with Crippen molar-refractivity contribution in [3.05, 3.63) is 76.9 Å². The van der Waals surface area contributed by atoms with Crippen LogP contribution in [0.4, 0.5) is 0 Å². The molecule has 5 rings (SSSR count). The smallest absolute Gasteiger partial charge is 0.231 e. The van der Waals surface area contributed by atoms with Gasteiger partial charge in [-0.2, -0.15) is 5.26 Å². The van der Waals surface area contributed by atoms with Crippen LogP contribution in [-0.2, 0) is 16.6 Å². The van der Waals surface area contributed by atoms with Gasteiger partial charge in [-0.3, -0.25) is 4.79 Å². The summed E-state index contributed by atoms with van der Waals surface area (Å²) in [6, 6.07) is 19.5. The average Bonchev–Trinajstić information content (AvgIpc) is 3.50. The van der Waals surface area contributed by atoms with Gasteiger partial charge < -0.3 is 14.2 Å². The van der Waals surface area contributed by atoms with Crippen LogP contribution >= 0.6 is 0 Å². The van der Waals surface area contributed by atoms with Crippen LogP contribution in [0.3, 0.4) is 0 Å². The second-order valence-electron chi connectivity index (χ2n) is 8.43. The molecule has 0 aromatic heterocycles. The Hall–Kier alpha value is -3.78. The molecule has 5 heteroatoms. The molecule has 160 valence electrons. The van der Waals surface area contributed by atoms with Crippen LogP contribution in [-0.4, -0.2) is 19.7 Å². The molecule has 1 aliphatic carbocycles. The summed E-state index contributed by atoms with van der Waals surface area (Å²) in [5.41, 5.74) is 4.97. The molecule has 0 bridgehead atoms. The molecular weight excluding hydrogens is 402 g/mol. The Morgan fingerprint density at radius 2 is 1.84 bits per heavy atom. The molecule has 0 N–H and O–H groups in total. The van der Waals surface area contributed by atoms with Crippen molar-refractivity contribution in [3.63, 3.8) is 0 Å². The van der Waals surface area contributed by atoms with Crippen molar-refractivity contribution in [2.45, 2.75) is 31.6 Å². The predicted octanol–water partition coefficient (Wildman–Crippen LogP) is 5.11. The Labute approximate surface area is 187 Å². The number of benzene rings is 3. The van der Waals surface area contributed by atoms with Gasteiger partial charge in [-0.15, -0.1) is 0 Å². The summed E-state index contributed by atoms with van der Waals surface area (Å²) in [7, 11) is 1.62. The molecule has 32 heavy (non-hydrogen) atoms. The minimum absolute atomic E-state index is 0.212. The van der Waals surface area contributed by atoms with Crippen LogP contribution < -0.4 is 14.2 Å². The number of nitriles is 1. The molecule has 0 unspecified atom stereocenters. The van der Waals surface area contributed by atoms with Crippen molar-refractivity contribution in [1.29, 1.82) is 5.26 Å². The number of nitrogens with zero attached hydrogens (tertiary/aromatic N) is 1. The molecule has 1 saturated carbocycles. The number of ketones is 1. The van der Waals surface area contributed by atoms with Gasteiger partial charge >= 0.3 is 0 Å². The molecule has 0 amide bonds. The fraction of sp³-hybridized carbons (Fsp3) is 0.259. The van der Waals surface area contributed by atoms with E-state index in [1.54, 1.807) is 13.2 Å². The van der Waals surface area contributed by atoms with E-state index in [0.29, 0.717) is 23.5 Å². The quantitative estimate of drug-likeness (QED) is 0.549. The van der Waals surface area contributed by atoms with Crippen LogP contribution in [0, 0.1) is 18.3 Å². The van der Waals surface area contributed by atoms with E-state index < -0.39 is 5.41 Å². The van der Waals surface area contributed by atoms with E-state index >= 15 is 0 Å². The number of Topliss-reactive ketones (excluding diaryl/α,β-unsaturated/α-hetero) is 1. The van der Waals surface area contributed by atoms with Crippen molar-refractivity contribution < 1.29 is 19.0 Å². The molecule has 5 nitrogen and oxygen atoms in total. The average molecular weight is 425 g/mol. The normalized spacial score (nSPS) is 15.2. The topological polar surface area (TPSA) is 68.5 Å². The summed E-state index contributed by atoms with van der Waals surface area (Å²) in [5, 5.41) is 9.33. The highest BCUT2D eigenvalue weighted by atomic mass is 16.7. The highest BCUT2D eigenvalue weighted by Gasteiger charge is 2.50. The zero-order chi connectivity index (χ0) is 22.3.